The van der Waals surface area contributed by atoms with E-state index in [0.717, 1.165) is 38.5 Å². The van der Waals surface area contributed by atoms with Gasteiger partial charge in [0.05, 0.1) is 13.7 Å². The number of rotatable bonds is 10. The van der Waals surface area contributed by atoms with Gasteiger partial charge in [-0.05, 0) is 30.7 Å². The molecule has 0 bridgehead atoms. The van der Waals surface area contributed by atoms with Crippen LogP contribution in [0.5, 0.6) is 5.75 Å². The standard InChI is InChI=1S/C17H30N2O2/c1-14(2)12-19(8-9-20-4)13-16-10-15(11-18-3)6-7-17(16)21-5/h6-7,10,14,18H,8-9,11-13H2,1-5H3. The van der Waals surface area contributed by atoms with E-state index in [9.17, 15) is 0 Å². The third kappa shape index (κ3) is 6.46. The van der Waals surface area contributed by atoms with Gasteiger partial charge in [0.2, 0.25) is 0 Å². The lowest BCUT2D eigenvalue weighted by Crippen LogP contribution is -2.30. The van der Waals surface area contributed by atoms with Crippen molar-refractivity contribution in [3.05, 3.63) is 29.3 Å². The molecule has 120 valence electrons. The van der Waals surface area contributed by atoms with Gasteiger partial charge in [0.1, 0.15) is 5.75 Å². The van der Waals surface area contributed by atoms with Gasteiger partial charge in [-0.1, -0.05) is 19.9 Å². The van der Waals surface area contributed by atoms with Crippen molar-refractivity contribution in [2.75, 3.05) is 41.0 Å². The van der Waals surface area contributed by atoms with E-state index in [-0.39, 0.29) is 0 Å². The van der Waals surface area contributed by atoms with Gasteiger partial charge in [0.15, 0.2) is 0 Å². The molecule has 0 aliphatic carbocycles. The Labute approximate surface area is 129 Å². The Bertz CT molecular complexity index is 408. The Morgan fingerprint density at radius 3 is 2.57 bits per heavy atom. The van der Waals surface area contributed by atoms with Crippen LogP contribution in [0, 0.1) is 5.92 Å². The van der Waals surface area contributed by atoms with Crippen LogP contribution >= 0.6 is 0 Å². The van der Waals surface area contributed by atoms with E-state index in [0.29, 0.717) is 5.92 Å². The van der Waals surface area contributed by atoms with Gasteiger partial charge >= 0.3 is 0 Å². The minimum absolute atomic E-state index is 0.633. The second-order valence-electron chi connectivity index (χ2n) is 5.80. The Kier molecular flexibility index (Phi) is 8.35. The number of methoxy groups -OCH3 is 2. The number of nitrogens with zero attached hydrogens (tertiary/aromatic N) is 1. The quantitative estimate of drug-likeness (QED) is 0.719. The normalized spacial score (nSPS) is 11.4. The van der Waals surface area contributed by atoms with E-state index in [2.05, 4.69) is 42.3 Å². The van der Waals surface area contributed by atoms with Crippen molar-refractivity contribution in [3.8, 4) is 5.75 Å². The van der Waals surface area contributed by atoms with Gasteiger partial charge in [0.25, 0.3) is 0 Å². The third-order valence-electron chi connectivity index (χ3n) is 3.35. The smallest absolute Gasteiger partial charge is 0.123 e. The minimum Gasteiger partial charge on any atom is -0.496 e. The topological polar surface area (TPSA) is 33.7 Å². The average Bonchev–Trinajstić information content (AvgIpc) is 2.45. The molecule has 0 saturated heterocycles. The van der Waals surface area contributed by atoms with Crippen LogP contribution in [0.25, 0.3) is 0 Å². The predicted molar refractivity (Wildman–Crippen MR) is 87.7 cm³/mol. The van der Waals surface area contributed by atoms with Crippen molar-refractivity contribution < 1.29 is 9.47 Å². The Morgan fingerprint density at radius 2 is 2.00 bits per heavy atom. The molecule has 0 heterocycles. The molecule has 0 saturated carbocycles. The van der Waals surface area contributed by atoms with E-state index in [4.69, 9.17) is 9.47 Å². The maximum atomic E-state index is 5.51. The molecule has 1 rings (SSSR count). The van der Waals surface area contributed by atoms with Crippen LogP contribution in [0.1, 0.15) is 25.0 Å². The summed E-state index contributed by atoms with van der Waals surface area (Å²) in [7, 11) is 5.45. The number of nitrogens with one attached hydrogen (secondary N) is 1. The molecule has 0 fully saturated rings. The molecular formula is C17H30N2O2. The van der Waals surface area contributed by atoms with E-state index in [1.807, 2.05) is 7.05 Å². The molecule has 1 aromatic rings. The van der Waals surface area contributed by atoms with Crippen LogP contribution in [0.3, 0.4) is 0 Å². The summed E-state index contributed by atoms with van der Waals surface area (Å²) in [4.78, 5) is 2.43. The number of benzene rings is 1. The van der Waals surface area contributed by atoms with E-state index >= 15 is 0 Å². The number of hydrogen-bond donors (Lipinski definition) is 1. The van der Waals surface area contributed by atoms with E-state index < -0.39 is 0 Å². The van der Waals surface area contributed by atoms with Crippen molar-refractivity contribution in [2.24, 2.45) is 5.92 Å². The Balaban J connectivity index is 2.85. The lowest BCUT2D eigenvalue weighted by atomic mass is 10.1. The third-order valence-corrected chi connectivity index (χ3v) is 3.35. The lowest BCUT2D eigenvalue weighted by molar-refractivity contribution is 0.135. The molecule has 4 heteroatoms. The molecule has 4 nitrogen and oxygen atoms in total. The molecule has 0 spiro atoms. The Morgan fingerprint density at radius 1 is 1.24 bits per heavy atom. The summed E-state index contributed by atoms with van der Waals surface area (Å²) in [5.74, 6) is 1.59. The maximum absolute atomic E-state index is 5.51. The highest BCUT2D eigenvalue weighted by atomic mass is 16.5. The van der Waals surface area contributed by atoms with Gasteiger partial charge < -0.3 is 14.8 Å². The molecule has 0 aliphatic rings. The zero-order valence-corrected chi connectivity index (χ0v) is 14.1. The fraction of sp³-hybridized carbons (Fsp3) is 0.647. The second-order valence-corrected chi connectivity index (χ2v) is 5.80. The van der Waals surface area contributed by atoms with Crippen LogP contribution in [0.15, 0.2) is 18.2 Å². The highest BCUT2D eigenvalue weighted by Crippen LogP contribution is 2.22. The van der Waals surface area contributed by atoms with Gasteiger partial charge in [-0.3, -0.25) is 4.90 Å². The predicted octanol–water partition coefficient (Wildman–Crippen LogP) is 2.52. The summed E-state index contributed by atoms with van der Waals surface area (Å²) in [5.41, 5.74) is 2.52. The van der Waals surface area contributed by atoms with Crippen molar-refractivity contribution in [1.29, 1.82) is 0 Å². The molecule has 0 aromatic heterocycles. The fourth-order valence-electron chi connectivity index (χ4n) is 2.48. The summed E-state index contributed by atoms with van der Waals surface area (Å²) in [6, 6.07) is 6.40. The first-order chi connectivity index (χ1) is 10.1. The molecule has 0 unspecified atom stereocenters. The maximum Gasteiger partial charge on any atom is 0.123 e. The molecule has 0 aliphatic heterocycles. The molecule has 0 atom stereocenters. The largest absolute Gasteiger partial charge is 0.496 e. The summed E-state index contributed by atoms with van der Waals surface area (Å²) in [6.07, 6.45) is 0. The first-order valence-corrected chi connectivity index (χ1v) is 7.62. The van der Waals surface area contributed by atoms with Crippen LogP contribution in [0.4, 0.5) is 0 Å². The van der Waals surface area contributed by atoms with E-state index in [1.165, 1.54) is 11.1 Å². The Hall–Kier alpha value is -1.10. The van der Waals surface area contributed by atoms with Gasteiger partial charge in [0, 0.05) is 38.9 Å². The molecule has 0 amide bonds. The monoisotopic (exact) mass is 294 g/mol. The molecule has 1 aromatic carbocycles. The van der Waals surface area contributed by atoms with Crippen molar-refractivity contribution in [3.63, 3.8) is 0 Å². The van der Waals surface area contributed by atoms with Crippen molar-refractivity contribution in [1.82, 2.24) is 10.2 Å². The van der Waals surface area contributed by atoms with Crippen LogP contribution in [-0.2, 0) is 17.8 Å². The first-order valence-electron chi connectivity index (χ1n) is 7.62. The van der Waals surface area contributed by atoms with Crippen LogP contribution < -0.4 is 10.1 Å². The summed E-state index contributed by atoms with van der Waals surface area (Å²) >= 11 is 0. The highest BCUT2D eigenvalue weighted by molar-refractivity contribution is 5.37. The molecule has 0 radical (unpaired) electrons. The van der Waals surface area contributed by atoms with Crippen LogP contribution in [-0.4, -0.2) is 45.9 Å². The lowest BCUT2D eigenvalue weighted by Gasteiger charge is -2.25. The minimum atomic E-state index is 0.633. The van der Waals surface area contributed by atoms with Crippen molar-refractivity contribution >= 4 is 0 Å². The molecule has 1 N–H and O–H groups in total. The average molecular weight is 294 g/mol. The zero-order chi connectivity index (χ0) is 15.7. The number of ether oxygens (including phenoxy) is 2. The van der Waals surface area contributed by atoms with Crippen LogP contribution in [0.2, 0.25) is 0 Å². The van der Waals surface area contributed by atoms with Crippen molar-refractivity contribution in [2.45, 2.75) is 26.9 Å². The van der Waals surface area contributed by atoms with Gasteiger partial charge in [-0.2, -0.15) is 0 Å². The van der Waals surface area contributed by atoms with Gasteiger partial charge in [-0.25, -0.2) is 0 Å². The van der Waals surface area contributed by atoms with E-state index in [1.54, 1.807) is 14.2 Å². The highest BCUT2D eigenvalue weighted by Gasteiger charge is 2.12. The SMILES string of the molecule is CNCc1ccc(OC)c(CN(CCOC)CC(C)C)c1. The van der Waals surface area contributed by atoms with Gasteiger partial charge in [-0.15, -0.1) is 0 Å². The zero-order valence-electron chi connectivity index (χ0n) is 14.1. The first kappa shape index (κ1) is 18.0. The summed E-state index contributed by atoms with van der Waals surface area (Å²) in [5, 5.41) is 3.19. The second kappa shape index (κ2) is 9.77. The molecular weight excluding hydrogens is 264 g/mol. The summed E-state index contributed by atoms with van der Waals surface area (Å²) < 4.78 is 10.7. The molecule has 21 heavy (non-hydrogen) atoms. The summed E-state index contributed by atoms with van der Waals surface area (Å²) in [6.45, 7) is 9.01. The number of hydrogen-bond acceptors (Lipinski definition) is 4. The fourth-order valence-corrected chi connectivity index (χ4v) is 2.48.